The second-order valence-corrected chi connectivity index (χ2v) is 6.15. The summed E-state index contributed by atoms with van der Waals surface area (Å²) in [6, 6.07) is 7.52. The number of benzene rings is 2. The van der Waals surface area contributed by atoms with Gasteiger partial charge in [0.1, 0.15) is 0 Å². The van der Waals surface area contributed by atoms with Crippen LogP contribution in [0.5, 0.6) is 11.5 Å². The van der Waals surface area contributed by atoms with Crippen molar-refractivity contribution in [3.63, 3.8) is 0 Å². The summed E-state index contributed by atoms with van der Waals surface area (Å²) in [4.78, 5) is 12.4. The molecule has 0 aromatic heterocycles. The Hall–Kier alpha value is -1.79. The number of nitrogens with one attached hydrogen (secondary N) is 1. The number of halogens is 3. The standard InChI is InChI=1S/C17H16BrClFNO3/c1-3-7-24-16-11(18)8-10(9-14(16)23-2)17(22)21-13-6-4-5-12(19)15(13)20/h4-6,8-9H,3,7H2,1-2H3,(H,21,22). The number of anilines is 1. The Kier molecular flexibility index (Phi) is 6.45. The van der Waals surface area contributed by atoms with Crippen molar-refractivity contribution in [1.29, 1.82) is 0 Å². The molecule has 24 heavy (non-hydrogen) atoms. The van der Waals surface area contributed by atoms with Crippen LogP contribution in [-0.2, 0) is 0 Å². The summed E-state index contributed by atoms with van der Waals surface area (Å²) in [6.07, 6.45) is 0.839. The van der Waals surface area contributed by atoms with Crippen LogP contribution < -0.4 is 14.8 Å². The molecular formula is C17H16BrClFNO3. The van der Waals surface area contributed by atoms with Crippen LogP contribution in [-0.4, -0.2) is 19.6 Å². The molecule has 0 saturated heterocycles. The maximum absolute atomic E-state index is 13.9. The molecule has 0 aliphatic rings. The topological polar surface area (TPSA) is 47.6 Å². The predicted octanol–water partition coefficient (Wildman–Crippen LogP) is 5.29. The number of amides is 1. The van der Waals surface area contributed by atoms with Gasteiger partial charge in [-0.2, -0.15) is 0 Å². The average molecular weight is 417 g/mol. The molecule has 0 saturated carbocycles. The lowest BCUT2D eigenvalue weighted by atomic mass is 10.1. The van der Waals surface area contributed by atoms with E-state index < -0.39 is 11.7 Å². The molecule has 0 aliphatic heterocycles. The third-order valence-electron chi connectivity index (χ3n) is 3.14. The van der Waals surface area contributed by atoms with Gasteiger partial charge in [-0.25, -0.2) is 4.39 Å². The van der Waals surface area contributed by atoms with Crippen LogP contribution >= 0.6 is 27.5 Å². The number of ether oxygens (including phenoxy) is 2. The summed E-state index contributed by atoms with van der Waals surface area (Å²) >= 11 is 9.08. The molecule has 0 aliphatic carbocycles. The van der Waals surface area contributed by atoms with Gasteiger partial charge in [0.15, 0.2) is 17.3 Å². The van der Waals surface area contributed by atoms with Gasteiger partial charge in [0.05, 0.1) is 28.9 Å². The number of hydrogen-bond donors (Lipinski definition) is 1. The molecule has 0 radical (unpaired) electrons. The van der Waals surface area contributed by atoms with Gasteiger partial charge in [-0.15, -0.1) is 0 Å². The second-order valence-electron chi connectivity index (χ2n) is 4.89. The first-order chi connectivity index (χ1) is 11.5. The average Bonchev–Trinajstić information content (AvgIpc) is 2.57. The predicted molar refractivity (Wildman–Crippen MR) is 95.8 cm³/mol. The zero-order chi connectivity index (χ0) is 17.7. The van der Waals surface area contributed by atoms with E-state index in [1.807, 2.05) is 6.92 Å². The third kappa shape index (κ3) is 4.19. The summed E-state index contributed by atoms with van der Waals surface area (Å²) in [7, 11) is 1.49. The monoisotopic (exact) mass is 415 g/mol. The lowest BCUT2D eigenvalue weighted by molar-refractivity contribution is 0.102. The van der Waals surface area contributed by atoms with Crippen LogP contribution in [0.25, 0.3) is 0 Å². The van der Waals surface area contributed by atoms with E-state index in [0.29, 0.717) is 28.1 Å². The highest BCUT2D eigenvalue weighted by Gasteiger charge is 2.17. The number of carbonyl (C=O) groups excluding carboxylic acids is 1. The largest absolute Gasteiger partial charge is 0.493 e. The Morgan fingerprint density at radius 1 is 1.38 bits per heavy atom. The Morgan fingerprint density at radius 2 is 2.12 bits per heavy atom. The van der Waals surface area contributed by atoms with Crippen molar-refractivity contribution < 1.29 is 18.7 Å². The number of carbonyl (C=O) groups is 1. The summed E-state index contributed by atoms with van der Waals surface area (Å²) < 4.78 is 25.4. The lowest BCUT2D eigenvalue weighted by Gasteiger charge is -2.14. The zero-order valence-electron chi connectivity index (χ0n) is 13.2. The van der Waals surface area contributed by atoms with Gasteiger partial charge in [0, 0.05) is 5.56 Å². The van der Waals surface area contributed by atoms with Crippen molar-refractivity contribution in [1.82, 2.24) is 0 Å². The second kappa shape index (κ2) is 8.35. The first-order valence-electron chi connectivity index (χ1n) is 7.23. The van der Waals surface area contributed by atoms with Gasteiger partial charge >= 0.3 is 0 Å². The Labute approximate surface area is 153 Å². The van der Waals surface area contributed by atoms with Crippen molar-refractivity contribution in [2.75, 3.05) is 19.0 Å². The quantitative estimate of drug-likeness (QED) is 0.696. The van der Waals surface area contributed by atoms with Gasteiger partial charge in [0.2, 0.25) is 0 Å². The van der Waals surface area contributed by atoms with E-state index in [0.717, 1.165) is 6.42 Å². The molecule has 0 spiro atoms. The van der Waals surface area contributed by atoms with E-state index >= 15 is 0 Å². The lowest BCUT2D eigenvalue weighted by Crippen LogP contribution is -2.13. The van der Waals surface area contributed by atoms with Crippen LogP contribution in [0.4, 0.5) is 10.1 Å². The van der Waals surface area contributed by atoms with Gasteiger partial charge < -0.3 is 14.8 Å². The van der Waals surface area contributed by atoms with Gasteiger partial charge in [-0.3, -0.25) is 4.79 Å². The molecule has 0 fully saturated rings. The van der Waals surface area contributed by atoms with Crippen molar-refractivity contribution >= 4 is 39.1 Å². The van der Waals surface area contributed by atoms with E-state index in [1.165, 1.54) is 25.3 Å². The first kappa shape index (κ1) is 18.5. The Balaban J connectivity index is 2.29. The smallest absolute Gasteiger partial charge is 0.255 e. The van der Waals surface area contributed by atoms with E-state index in [2.05, 4.69) is 21.2 Å². The van der Waals surface area contributed by atoms with Crippen molar-refractivity contribution in [3.8, 4) is 11.5 Å². The molecule has 1 amide bonds. The minimum absolute atomic E-state index is 0.00824. The molecule has 0 unspecified atom stereocenters. The van der Waals surface area contributed by atoms with E-state index in [9.17, 15) is 9.18 Å². The Morgan fingerprint density at radius 3 is 2.79 bits per heavy atom. The molecule has 128 valence electrons. The van der Waals surface area contributed by atoms with E-state index in [-0.39, 0.29) is 10.7 Å². The van der Waals surface area contributed by atoms with Crippen molar-refractivity contribution in [2.24, 2.45) is 0 Å². The normalized spacial score (nSPS) is 10.4. The maximum Gasteiger partial charge on any atom is 0.255 e. The van der Waals surface area contributed by atoms with Crippen LogP contribution in [0.2, 0.25) is 5.02 Å². The summed E-state index contributed by atoms with van der Waals surface area (Å²) in [5.41, 5.74) is 0.302. The highest BCUT2D eigenvalue weighted by Crippen LogP contribution is 2.37. The summed E-state index contributed by atoms with van der Waals surface area (Å²) in [6.45, 7) is 2.51. The van der Waals surface area contributed by atoms with Gasteiger partial charge in [-0.1, -0.05) is 24.6 Å². The maximum atomic E-state index is 13.9. The van der Waals surface area contributed by atoms with Crippen LogP contribution in [0, 0.1) is 5.82 Å². The minimum atomic E-state index is -0.679. The molecule has 1 N–H and O–H groups in total. The molecule has 2 aromatic rings. The number of rotatable bonds is 6. The van der Waals surface area contributed by atoms with E-state index in [4.69, 9.17) is 21.1 Å². The molecule has 0 heterocycles. The summed E-state index contributed by atoms with van der Waals surface area (Å²) in [5.74, 6) is -0.238. The van der Waals surface area contributed by atoms with Crippen molar-refractivity contribution in [2.45, 2.75) is 13.3 Å². The van der Waals surface area contributed by atoms with Crippen LogP contribution in [0.3, 0.4) is 0 Å². The number of hydrogen-bond acceptors (Lipinski definition) is 3. The molecule has 0 bridgehead atoms. The molecule has 2 aromatic carbocycles. The highest BCUT2D eigenvalue weighted by atomic mass is 79.9. The Bertz CT molecular complexity index is 755. The fraction of sp³-hybridized carbons (Fsp3) is 0.235. The minimum Gasteiger partial charge on any atom is -0.493 e. The molecular weight excluding hydrogens is 401 g/mol. The van der Waals surface area contributed by atoms with E-state index in [1.54, 1.807) is 12.1 Å². The SMILES string of the molecule is CCCOc1c(Br)cc(C(=O)Nc2cccc(Cl)c2F)cc1OC. The highest BCUT2D eigenvalue weighted by molar-refractivity contribution is 9.10. The zero-order valence-corrected chi connectivity index (χ0v) is 15.5. The summed E-state index contributed by atoms with van der Waals surface area (Å²) in [5, 5.41) is 2.43. The first-order valence-corrected chi connectivity index (χ1v) is 8.40. The molecule has 7 heteroatoms. The molecule has 0 atom stereocenters. The van der Waals surface area contributed by atoms with Gasteiger partial charge in [-0.05, 0) is 46.6 Å². The molecule has 4 nitrogen and oxygen atoms in total. The van der Waals surface area contributed by atoms with Crippen LogP contribution in [0.1, 0.15) is 23.7 Å². The fourth-order valence-corrected chi connectivity index (χ4v) is 2.72. The third-order valence-corrected chi connectivity index (χ3v) is 4.02. The van der Waals surface area contributed by atoms with Gasteiger partial charge in [0.25, 0.3) is 5.91 Å². The fourth-order valence-electron chi connectivity index (χ4n) is 1.99. The van der Waals surface area contributed by atoms with Crippen molar-refractivity contribution in [3.05, 3.63) is 51.2 Å². The van der Waals surface area contributed by atoms with Crippen LogP contribution in [0.15, 0.2) is 34.8 Å². The number of methoxy groups -OCH3 is 1. The molecule has 2 rings (SSSR count).